The van der Waals surface area contributed by atoms with E-state index in [-0.39, 0.29) is 15.0 Å². The molecule has 1 aromatic carbocycles. The Bertz CT molecular complexity index is 1130. The van der Waals surface area contributed by atoms with Gasteiger partial charge in [0, 0.05) is 17.1 Å². The largest absolute Gasteiger partial charge is 0.491 e. The maximum Gasteiger partial charge on any atom is 0.344 e. The molecule has 3 heterocycles. The molecule has 0 radical (unpaired) electrons. The first-order valence-corrected chi connectivity index (χ1v) is 11.6. The fourth-order valence-corrected chi connectivity index (χ4v) is 4.47. The van der Waals surface area contributed by atoms with Crippen molar-refractivity contribution in [3.63, 3.8) is 0 Å². The van der Waals surface area contributed by atoms with Gasteiger partial charge >= 0.3 is 5.97 Å². The van der Waals surface area contributed by atoms with E-state index in [4.69, 9.17) is 9.47 Å². The quantitative estimate of drug-likeness (QED) is 0.378. The minimum absolute atomic E-state index is 0.117. The molecule has 1 aliphatic rings. The summed E-state index contributed by atoms with van der Waals surface area (Å²) in [5, 5.41) is 12.7. The number of anilines is 2. The number of carbonyl (C=O) groups is 1. The van der Waals surface area contributed by atoms with Crippen LogP contribution in [0.3, 0.4) is 0 Å². The number of aromatic nitrogens is 2. The van der Waals surface area contributed by atoms with Crippen LogP contribution in [0.4, 0.5) is 19.5 Å². The highest BCUT2D eigenvalue weighted by Gasteiger charge is 2.25. The summed E-state index contributed by atoms with van der Waals surface area (Å²) >= 11 is 3.76. The number of aromatic carboxylic acids is 1. The van der Waals surface area contributed by atoms with E-state index in [1.807, 2.05) is 0 Å². The molecule has 0 saturated carbocycles. The molecule has 174 valence electrons. The van der Waals surface area contributed by atoms with Gasteiger partial charge in [0.2, 0.25) is 11.6 Å². The second-order valence-corrected chi connectivity index (χ2v) is 8.92. The topological polar surface area (TPSA) is 96.8 Å². The average Bonchev–Trinajstić information content (AvgIpc) is 3.41. The van der Waals surface area contributed by atoms with E-state index in [0.717, 1.165) is 43.3 Å². The molecule has 8 nitrogen and oxygen atoms in total. The van der Waals surface area contributed by atoms with Crippen LogP contribution in [0.5, 0.6) is 17.4 Å². The van der Waals surface area contributed by atoms with E-state index >= 15 is 0 Å². The summed E-state index contributed by atoms with van der Waals surface area (Å²) in [4.78, 5) is 18.3. The van der Waals surface area contributed by atoms with Crippen molar-refractivity contribution in [1.29, 1.82) is 0 Å². The Morgan fingerprint density at radius 1 is 1.21 bits per heavy atom. The number of benzene rings is 1. The lowest BCUT2D eigenvalue weighted by molar-refractivity contribution is 0.0695. The van der Waals surface area contributed by atoms with Crippen LogP contribution in [-0.4, -0.2) is 51.6 Å². The molecule has 2 aromatic heterocycles. The molecule has 12 heteroatoms. The van der Waals surface area contributed by atoms with E-state index in [0.29, 0.717) is 18.0 Å². The number of carboxylic acid groups (broad SMARTS) is 1. The lowest BCUT2D eigenvalue weighted by Crippen LogP contribution is -2.25. The molecule has 1 fully saturated rings. The molecule has 2 N–H and O–H groups in total. The molecule has 4 rings (SSSR count). The van der Waals surface area contributed by atoms with Crippen LogP contribution in [0.2, 0.25) is 0 Å². The first-order valence-electron chi connectivity index (χ1n) is 10.0. The summed E-state index contributed by atoms with van der Waals surface area (Å²) in [6.45, 7) is 3.48. The Kier molecular flexibility index (Phi) is 7.36. The average molecular weight is 541 g/mol. The van der Waals surface area contributed by atoms with E-state index in [9.17, 15) is 18.7 Å². The van der Waals surface area contributed by atoms with Crippen LogP contribution in [0.1, 0.15) is 23.2 Å². The number of rotatable bonds is 9. The summed E-state index contributed by atoms with van der Waals surface area (Å²) in [6, 6.07) is 3.69. The Labute approximate surface area is 200 Å². The zero-order valence-electron chi connectivity index (χ0n) is 17.2. The number of hydrogen-bond donors (Lipinski definition) is 2. The number of halogens is 3. The minimum Gasteiger partial charge on any atom is -0.491 e. The van der Waals surface area contributed by atoms with Gasteiger partial charge in [0.15, 0.2) is 17.2 Å². The van der Waals surface area contributed by atoms with Crippen molar-refractivity contribution in [2.45, 2.75) is 12.8 Å². The Balaban J connectivity index is 1.48. The minimum atomic E-state index is -1.37. The highest BCUT2D eigenvalue weighted by Crippen LogP contribution is 2.37. The van der Waals surface area contributed by atoms with E-state index in [1.54, 1.807) is 12.3 Å². The van der Waals surface area contributed by atoms with Gasteiger partial charge in [0.1, 0.15) is 17.4 Å². The number of pyridine rings is 1. The third kappa shape index (κ3) is 5.75. The molecular formula is C21H19BrF2N4O4S. The molecular weight excluding hydrogens is 522 g/mol. The summed E-state index contributed by atoms with van der Waals surface area (Å²) in [5.41, 5.74) is 0.106. The van der Waals surface area contributed by atoms with Crippen molar-refractivity contribution in [2.75, 3.05) is 31.6 Å². The molecule has 1 aliphatic heterocycles. The molecule has 0 spiro atoms. The van der Waals surface area contributed by atoms with Crippen LogP contribution in [0, 0.1) is 11.6 Å². The second kappa shape index (κ2) is 10.4. The number of ether oxygens (including phenoxy) is 2. The smallest absolute Gasteiger partial charge is 0.344 e. The van der Waals surface area contributed by atoms with Crippen molar-refractivity contribution in [3.05, 3.63) is 52.3 Å². The number of likely N-dealkylation sites (tertiary alicyclic amines) is 1. The molecule has 1 saturated heterocycles. The van der Waals surface area contributed by atoms with Gasteiger partial charge in [0.25, 0.3) is 0 Å². The molecule has 33 heavy (non-hydrogen) atoms. The summed E-state index contributed by atoms with van der Waals surface area (Å²) < 4.78 is 43.3. The van der Waals surface area contributed by atoms with Gasteiger partial charge in [-0.05, 0) is 49.6 Å². The zero-order chi connectivity index (χ0) is 23.4. The predicted molar refractivity (Wildman–Crippen MR) is 122 cm³/mol. The van der Waals surface area contributed by atoms with Gasteiger partial charge in [0.05, 0.1) is 18.1 Å². The number of nitrogens with zero attached hydrogens (tertiary/aromatic N) is 3. The predicted octanol–water partition coefficient (Wildman–Crippen LogP) is 5.29. The van der Waals surface area contributed by atoms with Crippen LogP contribution in [-0.2, 0) is 0 Å². The maximum absolute atomic E-state index is 14.1. The number of nitrogens with one attached hydrogen (secondary N) is 1. The highest BCUT2D eigenvalue weighted by molar-refractivity contribution is 9.10. The molecule has 3 aromatic rings. The monoisotopic (exact) mass is 540 g/mol. The van der Waals surface area contributed by atoms with E-state index in [2.05, 4.69) is 35.5 Å². The summed E-state index contributed by atoms with van der Waals surface area (Å²) in [7, 11) is 0. The van der Waals surface area contributed by atoms with Crippen molar-refractivity contribution in [2.24, 2.45) is 0 Å². The second-order valence-electron chi connectivity index (χ2n) is 7.23. The van der Waals surface area contributed by atoms with Gasteiger partial charge in [-0.2, -0.15) is 4.37 Å². The summed E-state index contributed by atoms with van der Waals surface area (Å²) in [5.74, 6) is -4.01. The molecule has 0 aliphatic carbocycles. The Morgan fingerprint density at radius 3 is 2.64 bits per heavy atom. The summed E-state index contributed by atoms with van der Waals surface area (Å²) in [6.07, 6.45) is 5.46. The van der Waals surface area contributed by atoms with Gasteiger partial charge in [-0.1, -0.05) is 15.9 Å². The van der Waals surface area contributed by atoms with Crippen molar-refractivity contribution >= 4 is 44.1 Å². The van der Waals surface area contributed by atoms with Crippen LogP contribution >= 0.6 is 27.5 Å². The fourth-order valence-electron chi connectivity index (χ4n) is 3.34. The van der Waals surface area contributed by atoms with Crippen LogP contribution < -0.4 is 14.8 Å². The number of hydrogen-bond acceptors (Lipinski definition) is 8. The standard InChI is InChI=1S/C21H19BrF2N4O4S/c22-12-7-15(23)18(16(24)8-12)32-19-17(21(29)30)20(33-27-19)26-13-9-14(11-25-10-13)31-6-5-28-3-1-2-4-28/h7-11,26H,1-6H2,(H,29,30). The maximum atomic E-state index is 14.1. The lowest BCUT2D eigenvalue weighted by Gasteiger charge is -2.15. The molecule has 0 bridgehead atoms. The molecule has 0 atom stereocenters. The van der Waals surface area contributed by atoms with E-state index in [1.165, 1.54) is 19.0 Å². The van der Waals surface area contributed by atoms with Gasteiger partial charge < -0.3 is 19.9 Å². The SMILES string of the molecule is O=C(O)c1c(Oc2c(F)cc(Br)cc2F)nsc1Nc1cncc(OCCN2CCCC2)c1. The Hall–Kier alpha value is -2.83. The molecule has 0 unspecified atom stereocenters. The Morgan fingerprint density at radius 2 is 1.94 bits per heavy atom. The van der Waals surface area contributed by atoms with Gasteiger partial charge in [-0.25, -0.2) is 13.6 Å². The number of carboxylic acids is 1. The first kappa shape index (κ1) is 23.3. The van der Waals surface area contributed by atoms with E-state index < -0.39 is 29.2 Å². The van der Waals surface area contributed by atoms with Crippen molar-refractivity contribution < 1.29 is 28.2 Å². The first-order chi connectivity index (χ1) is 15.9. The van der Waals surface area contributed by atoms with Crippen molar-refractivity contribution in [3.8, 4) is 17.4 Å². The fraction of sp³-hybridized carbons (Fsp3) is 0.286. The zero-order valence-corrected chi connectivity index (χ0v) is 19.6. The van der Waals surface area contributed by atoms with Gasteiger partial charge in [-0.15, -0.1) is 0 Å². The van der Waals surface area contributed by atoms with Crippen LogP contribution in [0.25, 0.3) is 0 Å². The normalized spacial score (nSPS) is 13.8. The lowest BCUT2D eigenvalue weighted by atomic mass is 10.3. The van der Waals surface area contributed by atoms with Gasteiger partial charge in [-0.3, -0.25) is 9.88 Å². The highest BCUT2D eigenvalue weighted by atomic mass is 79.9. The third-order valence-corrected chi connectivity index (χ3v) is 6.09. The van der Waals surface area contributed by atoms with Crippen LogP contribution in [0.15, 0.2) is 35.1 Å². The van der Waals surface area contributed by atoms with Crippen molar-refractivity contribution in [1.82, 2.24) is 14.3 Å². The third-order valence-electron chi connectivity index (χ3n) is 4.88. The molecule has 0 amide bonds.